The van der Waals surface area contributed by atoms with Gasteiger partial charge in [-0.3, -0.25) is 4.79 Å². The Morgan fingerprint density at radius 2 is 2.04 bits per heavy atom. The van der Waals surface area contributed by atoms with Gasteiger partial charge in [0.05, 0.1) is 24.3 Å². The number of aliphatic hydroxyl groups is 1. The standard InChI is InChI=1S/C21H24FN3O3/c1-13(25(2)9-10-28-17-7-4-15(22)5-8-17)24-16-6-3-14-11-19(26)20(21(23)27)18(14)12-16/h3-8,12,19-20,26H,9-11H2,1-2H3,(H2,23,27)/t19-,20-/m1/s1. The molecule has 6 nitrogen and oxygen atoms in total. The zero-order valence-electron chi connectivity index (χ0n) is 15.9. The van der Waals surface area contributed by atoms with Crippen molar-refractivity contribution in [2.75, 3.05) is 20.2 Å². The van der Waals surface area contributed by atoms with E-state index in [0.29, 0.717) is 31.0 Å². The van der Waals surface area contributed by atoms with Gasteiger partial charge in [0.1, 0.15) is 24.0 Å². The SMILES string of the molecule is CC(=Nc1ccc2c(c1)[C@@H](C(N)=O)[C@H](O)C2)N(C)CCOc1ccc(F)cc1. The van der Waals surface area contributed by atoms with E-state index in [1.807, 2.05) is 37.1 Å². The molecule has 1 aliphatic rings. The van der Waals surface area contributed by atoms with Gasteiger partial charge >= 0.3 is 0 Å². The first-order chi connectivity index (χ1) is 13.3. The molecule has 3 rings (SSSR count). The Labute approximate surface area is 163 Å². The molecule has 0 radical (unpaired) electrons. The number of fused-ring (bicyclic) bond motifs is 1. The van der Waals surface area contributed by atoms with Crippen LogP contribution in [0.1, 0.15) is 24.0 Å². The zero-order chi connectivity index (χ0) is 20.3. The summed E-state index contributed by atoms with van der Waals surface area (Å²) in [5.41, 5.74) is 7.80. The predicted molar refractivity (Wildman–Crippen MR) is 105 cm³/mol. The fraction of sp³-hybridized carbons (Fsp3) is 0.333. The molecule has 7 heteroatoms. The van der Waals surface area contributed by atoms with E-state index in [-0.39, 0.29) is 5.82 Å². The van der Waals surface area contributed by atoms with Gasteiger partial charge in [-0.25, -0.2) is 9.38 Å². The predicted octanol–water partition coefficient (Wildman–Crippen LogP) is 2.37. The fourth-order valence-electron chi connectivity index (χ4n) is 3.29. The molecule has 1 amide bonds. The lowest BCUT2D eigenvalue weighted by Gasteiger charge is -2.19. The van der Waals surface area contributed by atoms with Crippen LogP contribution in [0.25, 0.3) is 0 Å². The van der Waals surface area contributed by atoms with Crippen LogP contribution in [0.3, 0.4) is 0 Å². The maximum absolute atomic E-state index is 12.9. The van der Waals surface area contributed by atoms with E-state index in [2.05, 4.69) is 4.99 Å². The van der Waals surface area contributed by atoms with Crippen LogP contribution in [0.2, 0.25) is 0 Å². The van der Waals surface area contributed by atoms with Crippen LogP contribution in [0.4, 0.5) is 10.1 Å². The lowest BCUT2D eigenvalue weighted by Crippen LogP contribution is -2.29. The second-order valence-corrected chi connectivity index (χ2v) is 6.92. The number of ether oxygens (including phenoxy) is 1. The van der Waals surface area contributed by atoms with Crippen LogP contribution in [0, 0.1) is 5.82 Å². The molecule has 1 aliphatic carbocycles. The topological polar surface area (TPSA) is 88.1 Å². The number of rotatable bonds is 6. The number of aliphatic hydroxyl groups excluding tert-OH is 1. The van der Waals surface area contributed by atoms with Gasteiger partial charge in [0.2, 0.25) is 5.91 Å². The van der Waals surface area contributed by atoms with Crippen molar-refractivity contribution >= 4 is 17.4 Å². The van der Waals surface area contributed by atoms with Crippen LogP contribution >= 0.6 is 0 Å². The summed E-state index contributed by atoms with van der Waals surface area (Å²) in [6.45, 7) is 2.90. The van der Waals surface area contributed by atoms with E-state index >= 15 is 0 Å². The van der Waals surface area contributed by atoms with Crippen molar-refractivity contribution < 1.29 is 19.0 Å². The van der Waals surface area contributed by atoms with Crippen LogP contribution in [-0.2, 0) is 11.2 Å². The second-order valence-electron chi connectivity index (χ2n) is 6.92. The number of benzene rings is 2. The highest BCUT2D eigenvalue weighted by Gasteiger charge is 2.35. The Hall–Kier alpha value is -2.93. The van der Waals surface area contributed by atoms with Gasteiger partial charge in [-0.1, -0.05) is 6.07 Å². The lowest BCUT2D eigenvalue weighted by atomic mass is 9.99. The number of nitrogens with zero attached hydrogens (tertiary/aromatic N) is 2. The van der Waals surface area contributed by atoms with E-state index in [1.165, 1.54) is 12.1 Å². The lowest BCUT2D eigenvalue weighted by molar-refractivity contribution is -0.121. The Morgan fingerprint density at radius 1 is 1.32 bits per heavy atom. The van der Waals surface area contributed by atoms with Crippen LogP contribution in [-0.4, -0.2) is 48.1 Å². The average molecular weight is 385 g/mol. The summed E-state index contributed by atoms with van der Waals surface area (Å²) in [6, 6.07) is 11.4. The van der Waals surface area contributed by atoms with Crippen molar-refractivity contribution in [3.8, 4) is 5.75 Å². The number of carbonyl (C=O) groups excluding carboxylic acids is 1. The number of hydrogen-bond donors (Lipinski definition) is 2. The third kappa shape index (κ3) is 4.48. The fourth-order valence-corrected chi connectivity index (χ4v) is 3.29. The Kier molecular flexibility index (Phi) is 5.94. The van der Waals surface area contributed by atoms with Crippen molar-refractivity contribution in [1.29, 1.82) is 0 Å². The highest BCUT2D eigenvalue weighted by atomic mass is 19.1. The normalized spacial score (nSPS) is 18.6. The van der Waals surface area contributed by atoms with Crippen molar-refractivity contribution in [2.24, 2.45) is 10.7 Å². The maximum atomic E-state index is 12.9. The molecule has 2 aromatic carbocycles. The highest BCUT2D eigenvalue weighted by Crippen LogP contribution is 2.35. The second kappa shape index (κ2) is 8.39. The summed E-state index contributed by atoms with van der Waals surface area (Å²) in [4.78, 5) is 18.2. The first kappa shape index (κ1) is 19.8. The molecule has 0 bridgehead atoms. The molecule has 2 atom stereocenters. The number of amides is 1. The Morgan fingerprint density at radius 3 is 2.71 bits per heavy atom. The van der Waals surface area contributed by atoms with Gasteiger partial charge in [-0.2, -0.15) is 0 Å². The largest absolute Gasteiger partial charge is 0.492 e. The molecule has 0 unspecified atom stereocenters. The highest BCUT2D eigenvalue weighted by molar-refractivity contribution is 5.85. The van der Waals surface area contributed by atoms with E-state index in [9.17, 15) is 14.3 Å². The Bertz CT molecular complexity index is 883. The number of carbonyl (C=O) groups is 1. The molecule has 0 saturated heterocycles. The van der Waals surface area contributed by atoms with Crippen molar-refractivity contribution in [3.05, 3.63) is 59.4 Å². The van der Waals surface area contributed by atoms with Gasteiger partial charge in [-0.15, -0.1) is 0 Å². The summed E-state index contributed by atoms with van der Waals surface area (Å²) in [6.07, 6.45) is -0.355. The van der Waals surface area contributed by atoms with E-state index in [4.69, 9.17) is 10.5 Å². The smallest absolute Gasteiger partial charge is 0.227 e. The number of halogens is 1. The minimum Gasteiger partial charge on any atom is -0.492 e. The van der Waals surface area contributed by atoms with Gasteiger partial charge in [0, 0.05) is 7.05 Å². The first-order valence-corrected chi connectivity index (χ1v) is 9.10. The summed E-state index contributed by atoms with van der Waals surface area (Å²) in [5, 5.41) is 10.1. The molecule has 0 heterocycles. The maximum Gasteiger partial charge on any atom is 0.227 e. The number of primary amides is 1. The number of nitrogens with two attached hydrogens (primary N) is 1. The molecular weight excluding hydrogens is 361 g/mol. The minimum absolute atomic E-state index is 0.298. The summed E-state index contributed by atoms with van der Waals surface area (Å²) >= 11 is 0. The van der Waals surface area contributed by atoms with Crippen LogP contribution in [0.5, 0.6) is 5.75 Å². The monoisotopic (exact) mass is 385 g/mol. The number of aliphatic imine (C=N–C) groups is 1. The number of amidine groups is 1. The third-order valence-electron chi connectivity index (χ3n) is 4.94. The summed E-state index contributed by atoms with van der Waals surface area (Å²) < 4.78 is 18.5. The van der Waals surface area contributed by atoms with Gasteiger partial charge in [0.15, 0.2) is 0 Å². The van der Waals surface area contributed by atoms with Crippen molar-refractivity contribution in [3.63, 3.8) is 0 Å². The van der Waals surface area contributed by atoms with Gasteiger partial charge in [0.25, 0.3) is 0 Å². The van der Waals surface area contributed by atoms with E-state index in [0.717, 1.165) is 17.0 Å². The molecule has 3 N–H and O–H groups in total. The number of hydrogen-bond acceptors (Lipinski definition) is 4. The molecule has 0 fully saturated rings. The van der Waals surface area contributed by atoms with Crippen molar-refractivity contribution in [2.45, 2.75) is 25.4 Å². The zero-order valence-corrected chi connectivity index (χ0v) is 15.9. The molecule has 148 valence electrons. The molecule has 2 aromatic rings. The van der Waals surface area contributed by atoms with Crippen LogP contribution in [0.15, 0.2) is 47.5 Å². The summed E-state index contributed by atoms with van der Waals surface area (Å²) in [7, 11) is 1.90. The quantitative estimate of drug-likeness (QED) is 0.590. The Balaban J connectivity index is 1.63. The van der Waals surface area contributed by atoms with Crippen molar-refractivity contribution in [1.82, 2.24) is 4.90 Å². The number of likely N-dealkylation sites (N-methyl/N-ethyl adjacent to an activating group) is 1. The van der Waals surface area contributed by atoms with Gasteiger partial charge < -0.3 is 20.5 Å². The molecule has 0 spiro atoms. The first-order valence-electron chi connectivity index (χ1n) is 9.10. The summed E-state index contributed by atoms with van der Waals surface area (Å²) in [5.74, 6) is -0.129. The molecule has 28 heavy (non-hydrogen) atoms. The molecule has 0 aromatic heterocycles. The molecule has 0 aliphatic heterocycles. The van der Waals surface area contributed by atoms with Gasteiger partial charge in [-0.05, 0) is 60.9 Å². The van der Waals surface area contributed by atoms with Crippen LogP contribution < -0.4 is 10.5 Å². The minimum atomic E-state index is -0.779. The van der Waals surface area contributed by atoms with E-state index in [1.54, 1.807) is 12.1 Å². The molecule has 0 saturated carbocycles. The third-order valence-corrected chi connectivity index (χ3v) is 4.94. The van der Waals surface area contributed by atoms with E-state index < -0.39 is 17.9 Å². The average Bonchev–Trinajstić information content (AvgIpc) is 2.98. The molecular formula is C21H24FN3O3.